The highest BCUT2D eigenvalue weighted by Gasteiger charge is 2.25. The molecule has 0 atom stereocenters. The maximum atomic E-state index is 12.2. The molecule has 0 saturated carbocycles. The molecule has 2 N–H and O–H groups in total. The number of nitrogens with one attached hydrogen (secondary N) is 2. The SMILES string of the molecule is CNc1ccccc1C(=O)NC1CCS(=O)(=O)CC1. The molecule has 1 fully saturated rings. The molecule has 0 radical (unpaired) electrons. The lowest BCUT2D eigenvalue weighted by Crippen LogP contribution is -2.41. The minimum absolute atomic E-state index is 0.0547. The predicted molar refractivity (Wildman–Crippen MR) is 75.1 cm³/mol. The fraction of sp³-hybridized carbons (Fsp3) is 0.462. The molecule has 0 spiro atoms. The maximum absolute atomic E-state index is 12.2. The smallest absolute Gasteiger partial charge is 0.253 e. The molecular weight excluding hydrogens is 264 g/mol. The van der Waals surface area contributed by atoms with E-state index in [0.717, 1.165) is 5.69 Å². The first-order valence-corrected chi connectivity index (χ1v) is 8.12. The van der Waals surface area contributed by atoms with E-state index in [2.05, 4.69) is 10.6 Å². The lowest BCUT2D eigenvalue weighted by molar-refractivity contribution is 0.0935. The molecule has 6 heteroatoms. The van der Waals surface area contributed by atoms with Crippen molar-refractivity contribution in [3.8, 4) is 0 Å². The lowest BCUT2D eigenvalue weighted by atomic mass is 10.1. The van der Waals surface area contributed by atoms with Crippen LogP contribution in [0.15, 0.2) is 24.3 Å². The zero-order chi connectivity index (χ0) is 13.9. The predicted octanol–water partition coefficient (Wildman–Crippen LogP) is 1.04. The average molecular weight is 282 g/mol. The third-order valence-electron chi connectivity index (χ3n) is 3.33. The van der Waals surface area contributed by atoms with Crippen LogP contribution in [0.5, 0.6) is 0 Å². The van der Waals surface area contributed by atoms with Crippen LogP contribution in [-0.2, 0) is 9.84 Å². The van der Waals surface area contributed by atoms with Crippen molar-refractivity contribution in [1.29, 1.82) is 0 Å². The minimum Gasteiger partial charge on any atom is -0.387 e. The van der Waals surface area contributed by atoms with Crippen LogP contribution < -0.4 is 10.6 Å². The Morgan fingerprint density at radius 1 is 1.21 bits per heavy atom. The molecule has 1 aliphatic rings. The van der Waals surface area contributed by atoms with Crippen molar-refractivity contribution < 1.29 is 13.2 Å². The molecule has 19 heavy (non-hydrogen) atoms. The third kappa shape index (κ3) is 3.47. The molecule has 1 amide bonds. The van der Waals surface area contributed by atoms with Crippen LogP contribution in [0.2, 0.25) is 0 Å². The van der Waals surface area contributed by atoms with Gasteiger partial charge in [-0.2, -0.15) is 0 Å². The molecule has 0 bridgehead atoms. The molecule has 1 aliphatic heterocycles. The van der Waals surface area contributed by atoms with Gasteiger partial charge in [-0.15, -0.1) is 0 Å². The molecule has 1 saturated heterocycles. The van der Waals surface area contributed by atoms with Crippen molar-refractivity contribution in [2.45, 2.75) is 18.9 Å². The Morgan fingerprint density at radius 2 is 1.84 bits per heavy atom. The quantitative estimate of drug-likeness (QED) is 0.868. The Labute approximate surface area is 113 Å². The number of benzene rings is 1. The number of anilines is 1. The summed E-state index contributed by atoms with van der Waals surface area (Å²) in [5, 5.41) is 5.87. The Morgan fingerprint density at radius 3 is 2.47 bits per heavy atom. The first-order valence-electron chi connectivity index (χ1n) is 6.30. The van der Waals surface area contributed by atoms with Crippen molar-refractivity contribution in [3.05, 3.63) is 29.8 Å². The van der Waals surface area contributed by atoms with Crippen molar-refractivity contribution in [2.75, 3.05) is 23.9 Å². The number of carbonyl (C=O) groups excluding carboxylic acids is 1. The van der Waals surface area contributed by atoms with Gasteiger partial charge in [-0.1, -0.05) is 12.1 Å². The normalized spacial score (nSPS) is 18.8. The second-order valence-electron chi connectivity index (χ2n) is 4.70. The highest BCUT2D eigenvalue weighted by molar-refractivity contribution is 7.91. The molecular formula is C13H18N2O3S. The van der Waals surface area contributed by atoms with Crippen molar-refractivity contribution in [2.24, 2.45) is 0 Å². The maximum Gasteiger partial charge on any atom is 0.253 e. The minimum atomic E-state index is -2.89. The van der Waals surface area contributed by atoms with E-state index in [9.17, 15) is 13.2 Å². The van der Waals surface area contributed by atoms with Gasteiger partial charge in [0.25, 0.3) is 5.91 Å². The second kappa shape index (κ2) is 5.61. The van der Waals surface area contributed by atoms with Crippen LogP contribution in [0.25, 0.3) is 0 Å². The van der Waals surface area contributed by atoms with E-state index in [1.165, 1.54) is 0 Å². The van der Waals surface area contributed by atoms with Gasteiger partial charge in [0.1, 0.15) is 9.84 Å². The van der Waals surface area contributed by atoms with Gasteiger partial charge in [0.15, 0.2) is 0 Å². The number of sulfone groups is 1. The van der Waals surface area contributed by atoms with E-state index in [0.29, 0.717) is 18.4 Å². The summed E-state index contributed by atoms with van der Waals surface area (Å²) >= 11 is 0. The summed E-state index contributed by atoms with van der Waals surface area (Å²) in [6.45, 7) is 0. The van der Waals surface area contributed by atoms with Crippen LogP contribution >= 0.6 is 0 Å². The van der Waals surface area contributed by atoms with Gasteiger partial charge in [0.2, 0.25) is 0 Å². The van der Waals surface area contributed by atoms with Crippen LogP contribution in [-0.4, -0.2) is 38.9 Å². The fourth-order valence-electron chi connectivity index (χ4n) is 2.20. The molecule has 0 unspecified atom stereocenters. The Hall–Kier alpha value is -1.56. The molecule has 104 valence electrons. The van der Waals surface area contributed by atoms with E-state index < -0.39 is 9.84 Å². The van der Waals surface area contributed by atoms with Gasteiger partial charge >= 0.3 is 0 Å². The standard InChI is InChI=1S/C13H18N2O3S/c1-14-12-5-3-2-4-11(12)13(16)15-10-6-8-19(17,18)9-7-10/h2-5,10,14H,6-9H2,1H3,(H,15,16). The van der Waals surface area contributed by atoms with E-state index in [1.807, 2.05) is 12.1 Å². The molecule has 0 aromatic heterocycles. The van der Waals surface area contributed by atoms with E-state index in [-0.39, 0.29) is 23.5 Å². The van der Waals surface area contributed by atoms with Crippen molar-refractivity contribution in [3.63, 3.8) is 0 Å². The first kappa shape index (κ1) is 13.9. The summed E-state index contributed by atoms with van der Waals surface area (Å²) < 4.78 is 22.7. The third-order valence-corrected chi connectivity index (χ3v) is 5.05. The molecule has 2 rings (SSSR count). The number of carbonyl (C=O) groups is 1. The first-order chi connectivity index (χ1) is 9.02. The number of amides is 1. The molecule has 0 aliphatic carbocycles. The number of hydrogen-bond donors (Lipinski definition) is 2. The van der Waals surface area contributed by atoms with Crippen molar-refractivity contribution >= 4 is 21.4 Å². The second-order valence-corrected chi connectivity index (χ2v) is 7.00. The Balaban J connectivity index is 2.02. The van der Waals surface area contributed by atoms with Gasteiger partial charge in [0, 0.05) is 18.8 Å². The van der Waals surface area contributed by atoms with Gasteiger partial charge < -0.3 is 10.6 Å². The van der Waals surface area contributed by atoms with Gasteiger partial charge in [-0.25, -0.2) is 8.42 Å². The van der Waals surface area contributed by atoms with Crippen LogP contribution in [0.3, 0.4) is 0 Å². The highest BCUT2D eigenvalue weighted by Crippen LogP contribution is 2.16. The summed E-state index contributed by atoms with van der Waals surface area (Å²) in [5.74, 6) is 0.159. The molecule has 1 aromatic rings. The Kier molecular flexibility index (Phi) is 4.09. The number of rotatable bonds is 3. The Bertz CT molecular complexity index is 555. The summed E-state index contributed by atoms with van der Waals surface area (Å²) in [6.07, 6.45) is 0.992. The molecule has 1 aromatic carbocycles. The summed E-state index contributed by atoms with van der Waals surface area (Å²) in [5.41, 5.74) is 1.35. The summed E-state index contributed by atoms with van der Waals surface area (Å²) in [7, 11) is -1.13. The van der Waals surface area contributed by atoms with Crippen LogP contribution in [0.4, 0.5) is 5.69 Å². The van der Waals surface area contributed by atoms with E-state index >= 15 is 0 Å². The fourth-order valence-corrected chi connectivity index (χ4v) is 3.69. The monoisotopic (exact) mass is 282 g/mol. The number of para-hydroxylation sites is 1. The number of hydrogen-bond acceptors (Lipinski definition) is 4. The largest absolute Gasteiger partial charge is 0.387 e. The zero-order valence-electron chi connectivity index (χ0n) is 10.8. The lowest BCUT2D eigenvalue weighted by Gasteiger charge is -2.23. The highest BCUT2D eigenvalue weighted by atomic mass is 32.2. The van der Waals surface area contributed by atoms with Crippen LogP contribution in [0, 0.1) is 0 Å². The van der Waals surface area contributed by atoms with E-state index in [4.69, 9.17) is 0 Å². The summed E-state index contributed by atoms with van der Waals surface area (Å²) in [4.78, 5) is 12.2. The van der Waals surface area contributed by atoms with Crippen molar-refractivity contribution in [1.82, 2.24) is 5.32 Å². The van der Waals surface area contributed by atoms with Gasteiger partial charge in [-0.05, 0) is 25.0 Å². The topological polar surface area (TPSA) is 75.3 Å². The molecule has 1 heterocycles. The van der Waals surface area contributed by atoms with Gasteiger partial charge in [-0.3, -0.25) is 4.79 Å². The summed E-state index contributed by atoms with van der Waals surface area (Å²) in [6, 6.07) is 7.19. The van der Waals surface area contributed by atoms with Crippen LogP contribution in [0.1, 0.15) is 23.2 Å². The average Bonchev–Trinajstić information content (AvgIpc) is 2.41. The van der Waals surface area contributed by atoms with Gasteiger partial charge in [0.05, 0.1) is 17.1 Å². The van der Waals surface area contributed by atoms with E-state index in [1.54, 1.807) is 19.2 Å². The zero-order valence-corrected chi connectivity index (χ0v) is 11.7. The molecule has 5 nitrogen and oxygen atoms in total.